The van der Waals surface area contributed by atoms with Gasteiger partial charge in [-0.25, -0.2) is 17.9 Å². The van der Waals surface area contributed by atoms with E-state index in [9.17, 15) is 13.2 Å². The van der Waals surface area contributed by atoms with Gasteiger partial charge in [0.05, 0.1) is 14.2 Å². The minimum Gasteiger partial charge on any atom is -0.478 e. The number of rotatable bonds is 5. The fourth-order valence-corrected chi connectivity index (χ4v) is 3.99. The first-order chi connectivity index (χ1) is 9.38. The van der Waals surface area contributed by atoms with Gasteiger partial charge in [0.2, 0.25) is 10.0 Å². The fourth-order valence-electron chi connectivity index (χ4n) is 1.47. The zero-order valence-corrected chi connectivity index (χ0v) is 13.3. The molecule has 2 rings (SSSR count). The van der Waals surface area contributed by atoms with Crippen molar-refractivity contribution < 1.29 is 18.3 Å². The van der Waals surface area contributed by atoms with E-state index >= 15 is 0 Å². The van der Waals surface area contributed by atoms with Gasteiger partial charge in [0.25, 0.3) is 0 Å². The van der Waals surface area contributed by atoms with Crippen molar-refractivity contribution in [2.45, 2.75) is 11.4 Å². The van der Waals surface area contributed by atoms with Crippen LogP contribution in [0.2, 0.25) is 0 Å². The van der Waals surface area contributed by atoms with Crippen LogP contribution in [0.5, 0.6) is 0 Å². The molecule has 0 atom stereocenters. The van der Waals surface area contributed by atoms with Gasteiger partial charge in [-0.3, -0.25) is 0 Å². The Hall–Kier alpha value is -1.22. The Balaban J connectivity index is 2.11. The van der Waals surface area contributed by atoms with E-state index in [1.807, 2.05) is 12.1 Å². The molecule has 0 radical (unpaired) electrons. The van der Waals surface area contributed by atoms with Gasteiger partial charge in [0.1, 0.15) is 0 Å². The minimum absolute atomic E-state index is 0.0399. The first-order valence-electron chi connectivity index (χ1n) is 5.46. The molecular weight excluding hydrogens is 366 g/mol. The smallest absolute Gasteiger partial charge is 0.335 e. The maximum atomic E-state index is 12.0. The molecule has 5 nitrogen and oxygen atoms in total. The SMILES string of the molecule is O=C(O)c1ccc(S(=O)(=O)NCc2ccc(Br)s2)cc1. The highest BCUT2D eigenvalue weighted by atomic mass is 79.9. The second-order valence-corrected chi connectivity index (χ2v) is 8.17. The summed E-state index contributed by atoms with van der Waals surface area (Å²) < 4.78 is 27.5. The van der Waals surface area contributed by atoms with Crippen LogP contribution >= 0.6 is 27.3 Å². The Morgan fingerprint density at radius 1 is 1.20 bits per heavy atom. The highest BCUT2D eigenvalue weighted by Crippen LogP contribution is 2.22. The van der Waals surface area contributed by atoms with Crippen molar-refractivity contribution in [2.75, 3.05) is 0 Å². The molecule has 1 heterocycles. The number of hydrogen-bond donors (Lipinski definition) is 2. The summed E-state index contributed by atoms with van der Waals surface area (Å²) in [4.78, 5) is 11.6. The van der Waals surface area contributed by atoms with Crippen LogP contribution in [0, 0.1) is 0 Å². The molecule has 0 amide bonds. The summed E-state index contributed by atoms with van der Waals surface area (Å²) in [6.45, 7) is 0.194. The topological polar surface area (TPSA) is 83.5 Å². The average Bonchev–Trinajstić information content (AvgIpc) is 2.82. The van der Waals surface area contributed by atoms with E-state index in [1.54, 1.807) is 0 Å². The van der Waals surface area contributed by atoms with E-state index in [2.05, 4.69) is 20.7 Å². The van der Waals surface area contributed by atoms with Gasteiger partial charge in [-0.15, -0.1) is 11.3 Å². The van der Waals surface area contributed by atoms with Crippen molar-refractivity contribution >= 4 is 43.3 Å². The molecule has 106 valence electrons. The van der Waals surface area contributed by atoms with Crippen LogP contribution in [0.25, 0.3) is 0 Å². The summed E-state index contributed by atoms with van der Waals surface area (Å²) in [6.07, 6.45) is 0. The Labute approximate surface area is 128 Å². The number of thiophene rings is 1. The number of carboxylic acids is 1. The lowest BCUT2D eigenvalue weighted by Crippen LogP contribution is -2.22. The number of halogens is 1. The third-order valence-electron chi connectivity index (χ3n) is 2.48. The van der Waals surface area contributed by atoms with E-state index in [0.717, 1.165) is 8.66 Å². The Kier molecular flexibility index (Phi) is 4.59. The first kappa shape index (κ1) is 15.2. The molecule has 0 aliphatic rings. The minimum atomic E-state index is -3.64. The molecule has 0 unspecified atom stereocenters. The molecule has 0 saturated heterocycles. The molecule has 0 aliphatic heterocycles. The number of hydrogen-bond acceptors (Lipinski definition) is 4. The van der Waals surface area contributed by atoms with Gasteiger partial charge in [-0.2, -0.15) is 0 Å². The molecule has 0 aliphatic carbocycles. The van der Waals surface area contributed by atoms with Crippen LogP contribution in [0.3, 0.4) is 0 Å². The number of carbonyl (C=O) groups is 1. The normalized spacial score (nSPS) is 11.4. The highest BCUT2D eigenvalue weighted by Gasteiger charge is 2.14. The molecule has 0 saturated carbocycles. The van der Waals surface area contributed by atoms with E-state index < -0.39 is 16.0 Å². The lowest BCUT2D eigenvalue weighted by atomic mass is 10.2. The molecule has 1 aromatic carbocycles. The molecule has 0 bridgehead atoms. The molecule has 0 spiro atoms. The molecule has 2 aromatic rings. The zero-order chi connectivity index (χ0) is 14.8. The van der Waals surface area contributed by atoms with Crippen molar-refractivity contribution in [3.8, 4) is 0 Å². The summed E-state index contributed by atoms with van der Waals surface area (Å²) >= 11 is 4.75. The summed E-state index contributed by atoms with van der Waals surface area (Å²) in [5, 5.41) is 8.76. The van der Waals surface area contributed by atoms with E-state index in [4.69, 9.17) is 5.11 Å². The molecule has 2 N–H and O–H groups in total. The van der Waals surface area contributed by atoms with Gasteiger partial charge in [-0.1, -0.05) is 0 Å². The summed E-state index contributed by atoms with van der Waals surface area (Å²) in [5.41, 5.74) is 0.0473. The second kappa shape index (κ2) is 6.04. The molecule has 8 heteroatoms. The van der Waals surface area contributed by atoms with Crippen LogP contribution < -0.4 is 4.72 Å². The number of benzene rings is 1. The third kappa shape index (κ3) is 3.66. The lowest BCUT2D eigenvalue weighted by molar-refractivity contribution is 0.0696. The average molecular weight is 376 g/mol. The van der Waals surface area contributed by atoms with Crippen molar-refractivity contribution in [2.24, 2.45) is 0 Å². The fraction of sp³-hybridized carbons (Fsp3) is 0.0833. The van der Waals surface area contributed by atoms with Gasteiger partial charge in [-0.05, 0) is 52.3 Å². The molecule has 20 heavy (non-hydrogen) atoms. The Morgan fingerprint density at radius 2 is 1.85 bits per heavy atom. The van der Waals surface area contributed by atoms with Crippen molar-refractivity contribution in [1.29, 1.82) is 0 Å². The number of nitrogens with one attached hydrogen (secondary N) is 1. The lowest BCUT2D eigenvalue weighted by Gasteiger charge is -2.05. The van der Waals surface area contributed by atoms with Crippen molar-refractivity contribution in [3.63, 3.8) is 0 Å². The highest BCUT2D eigenvalue weighted by molar-refractivity contribution is 9.11. The Morgan fingerprint density at radius 3 is 2.35 bits per heavy atom. The summed E-state index contributed by atoms with van der Waals surface area (Å²) in [5.74, 6) is -1.09. The number of sulfonamides is 1. The van der Waals surface area contributed by atoms with Crippen molar-refractivity contribution in [3.05, 3.63) is 50.6 Å². The van der Waals surface area contributed by atoms with Crippen LogP contribution in [0.1, 0.15) is 15.2 Å². The largest absolute Gasteiger partial charge is 0.478 e. The summed E-state index contributed by atoms with van der Waals surface area (Å²) in [7, 11) is -3.64. The monoisotopic (exact) mass is 375 g/mol. The number of carboxylic acid groups (broad SMARTS) is 1. The predicted molar refractivity (Wildman–Crippen MR) is 79.4 cm³/mol. The van der Waals surface area contributed by atoms with E-state index in [-0.39, 0.29) is 17.0 Å². The quantitative estimate of drug-likeness (QED) is 0.841. The predicted octanol–water partition coefficient (Wildman–Crippen LogP) is 2.69. The van der Waals surface area contributed by atoms with Crippen molar-refractivity contribution in [1.82, 2.24) is 4.72 Å². The van der Waals surface area contributed by atoms with Crippen LogP contribution in [-0.4, -0.2) is 19.5 Å². The van der Waals surface area contributed by atoms with Crippen LogP contribution in [0.4, 0.5) is 0 Å². The maximum absolute atomic E-state index is 12.0. The van der Waals surface area contributed by atoms with Gasteiger partial charge in [0, 0.05) is 11.4 Å². The van der Waals surface area contributed by atoms with Gasteiger partial charge >= 0.3 is 5.97 Å². The Bertz CT molecular complexity index is 722. The first-order valence-corrected chi connectivity index (χ1v) is 8.55. The molecule has 0 fully saturated rings. The van der Waals surface area contributed by atoms with Gasteiger partial charge in [0.15, 0.2) is 0 Å². The third-order valence-corrected chi connectivity index (χ3v) is 5.52. The molecule has 1 aromatic heterocycles. The van der Waals surface area contributed by atoms with Crippen LogP contribution in [-0.2, 0) is 16.6 Å². The molecular formula is C12H10BrNO4S2. The second-order valence-electron chi connectivity index (χ2n) is 3.86. The van der Waals surface area contributed by atoms with Crippen LogP contribution in [0.15, 0.2) is 45.1 Å². The maximum Gasteiger partial charge on any atom is 0.335 e. The van der Waals surface area contributed by atoms with Gasteiger partial charge < -0.3 is 5.11 Å². The summed E-state index contributed by atoms with van der Waals surface area (Å²) in [6, 6.07) is 8.74. The zero-order valence-electron chi connectivity index (χ0n) is 10.0. The van der Waals surface area contributed by atoms with E-state index in [0.29, 0.717) is 0 Å². The standard InChI is InChI=1S/C12H10BrNO4S2/c13-11-6-3-9(19-11)7-14-20(17,18)10-4-1-8(2-5-10)12(15)16/h1-6,14H,7H2,(H,15,16). The number of aromatic carboxylic acids is 1. The van der Waals surface area contributed by atoms with E-state index in [1.165, 1.54) is 35.6 Å².